The summed E-state index contributed by atoms with van der Waals surface area (Å²) in [4.78, 5) is 2.46. The molecule has 0 saturated carbocycles. The highest BCUT2D eigenvalue weighted by Gasteiger charge is 2.24. The van der Waals surface area contributed by atoms with Crippen molar-refractivity contribution in [3.63, 3.8) is 0 Å². The van der Waals surface area contributed by atoms with E-state index in [4.69, 9.17) is 4.42 Å². The molecule has 2 aromatic heterocycles. The van der Waals surface area contributed by atoms with Gasteiger partial charge in [0.1, 0.15) is 11.2 Å². The zero-order chi connectivity index (χ0) is 42.8. The van der Waals surface area contributed by atoms with Gasteiger partial charge in [-0.3, -0.25) is 0 Å². The third-order valence-corrected chi connectivity index (χ3v) is 13.2. The van der Waals surface area contributed by atoms with E-state index in [2.05, 4.69) is 246 Å². The van der Waals surface area contributed by atoms with Crippen LogP contribution in [0.4, 0.5) is 17.1 Å². The predicted molar refractivity (Wildman–Crippen MR) is 274 cm³/mol. The Morgan fingerprint density at radius 2 is 0.923 bits per heavy atom. The molecule has 304 valence electrons. The second-order valence-electron chi connectivity index (χ2n) is 16.8. The number of benzene rings is 11. The van der Waals surface area contributed by atoms with E-state index in [-0.39, 0.29) is 0 Å². The first kappa shape index (κ1) is 36.9. The number of rotatable bonds is 7. The van der Waals surface area contributed by atoms with Crippen LogP contribution >= 0.6 is 0 Å². The maximum atomic E-state index is 6.74. The summed E-state index contributed by atoms with van der Waals surface area (Å²) in [6.45, 7) is 0. The molecule has 0 bridgehead atoms. The summed E-state index contributed by atoms with van der Waals surface area (Å²) in [7, 11) is 0. The lowest BCUT2D eigenvalue weighted by Crippen LogP contribution is -2.13. The highest BCUT2D eigenvalue weighted by Crippen LogP contribution is 2.49. The van der Waals surface area contributed by atoms with Crippen molar-refractivity contribution in [3.05, 3.63) is 243 Å². The Balaban J connectivity index is 1.09. The molecule has 0 radical (unpaired) electrons. The lowest BCUT2D eigenvalue weighted by Gasteiger charge is -2.31. The molecular formula is C62H40N2O. The maximum absolute atomic E-state index is 6.74. The van der Waals surface area contributed by atoms with Crippen molar-refractivity contribution in [1.29, 1.82) is 0 Å². The maximum Gasteiger partial charge on any atom is 0.143 e. The van der Waals surface area contributed by atoms with Gasteiger partial charge >= 0.3 is 0 Å². The molecule has 13 aromatic rings. The number of anilines is 3. The van der Waals surface area contributed by atoms with Crippen LogP contribution < -0.4 is 4.90 Å². The third kappa shape index (κ3) is 5.97. The van der Waals surface area contributed by atoms with Crippen molar-refractivity contribution in [2.24, 2.45) is 0 Å². The van der Waals surface area contributed by atoms with Crippen LogP contribution in [0, 0.1) is 0 Å². The molecule has 0 N–H and O–H groups in total. The summed E-state index contributed by atoms with van der Waals surface area (Å²) in [6.07, 6.45) is 0. The Morgan fingerprint density at radius 3 is 1.71 bits per heavy atom. The minimum absolute atomic E-state index is 0.877. The minimum Gasteiger partial charge on any atom is -0.455 e. The van der Waals surface area contributed by atoms with E-state index in [9.17, 15) is 0 Å². The van der Waals surface area contributed by atoms with E-state index in [1.165, 1.54) is 48.9 Å². The van der Waals surface area contributed by atoms with Crippen LogP contribution in [0.15, 0.2) is 247 Å². The van der Waals surface area contributed by atoms with Crippen molar-refractivity contribution in [1.82, 2.24) is 4.57 Å². The Hall–Kier alpha value is -8.66. The average molecular weight is 829 g/mol. The van der Waals surface area contributed by atoms with E-state index in [0.717, 1.165) is 72.5 Å². The largest absolute Gasteiger partial charge is 0.455 e. The van der Waals surface area contributed by atoms with E-state index in [0.29, 0.717) is 0 Å². The minimum atomic E-state index is 0.877. The Kier molecular flexibility index (Phi) is 8.53. The van der Waals surface area contributed by atoms with Crippen LogP contribution in [-0.2, 0) is 0 Å². The quantitative estimate of drug-likeness (QED) is 0.149. The van der Waals surface area contributed by atoms with Gasteiger partial charge in [0.05, 0.1) is 22.4 Å². The monoisotopic (exact) mass is 828 g/mol. The lowest BCUT2D eigenvalue weighted by molar-refractivity contribution is 0.670. The summed E-state index contributed by atoms with van der Waals surface area (Å²) in [6, 6.07) is 87.8. The fraction of sp³-hybridized carbons (Fsp3) is 0. The fourth-order valence-corrected chi connectivity index (χ4v) is 10.3. The normalized spacial score (nSPS) is 11.7. The van der Waals surface area contributed by atoms with Crippen molar-refractivity contribution >= 4 is 82.4 Å². The lowest BCUT2D eigenvalue weighted by atomic mass is 9.91. The van der Waals surface area contributed by atoms with Crippen LogP contribution in [0.5, 0.6) is 0 Å². The Labute approximate surface area is 376 Å². The number of hydrogen-bond donors (Lipinski definition) is 0. The Morgan fingerprint density at radius 1 is 0.323 bits per heavy atom. The second kappa shape index (κ2) is 15.0. The molecule has 13 rings (SSSR count). The highest BCUT2D eigenvalue weighted by atomic mass is 16.3. The molecule has 0 aliphatic rings. The second-order valence-corrected chi connectivity index (χ2v) is 16.8. The number of para-hydroxylation sites is 5. The number of hydrogen-bond acceptors (Lipinski definition) is 2. The first-order valence-corrected chi connectivity index (χ1v) is 22.3. The van der Waals surface area contributed by atoms with Gasteiger partial charge in [-0.1, -0.05) is 182 Å². The van der Waals surface area contributed by atoms with Crippen molar-refractivity contribution in [2.75, 3.05) is 4.90 Å². The van der Waals surface area contributed by atoms with Gasteiger partial charge in [-0.15, -0.1) is 0 Å². The molecule has 3 nitrogen and oxygen atoms in total. The molecule has 2 heterocycles. The number of furan rings is 1. The van der Waals surface area contributed by atoms with Crippen molar-refractivity contribution < 1.29 is 4.42 Å². The van der Waals surface area contributed by atoms with Gasteiger partial charge in [-0.25, -0.2) is 0 Å². The fourth-order valence-electron chi connectivity index (χ4n) is 10.3. The standard InChI is InChI=1S/C62H40N2O/c1-2-17-41(18-3-1)47-38-33-43(56-39-42-19-4-5-20-46(42)48-21-6-7-22-49(48)56)40-60(47)64(45-36-34-44(35-37-45)63-57-29-12-8-23-50(57)51-24-9-13-30-58(51)63)59-31-14-10-25-52(59)54-27-16-28-55-53-26-11-15-32-61(53)65-62(54)55/h1-40H. The molecular weight excluding hydrogens is 789 g/mol. The summed E-state index contributed by atoms with van der Waals surface area (Å²) in [5.41, 5.74) is 15.1. The molecule has 0 amide bonds. The highest BCUT2D eigenvalue weighted by molar-refractivity contribution is 6.15. The molecule has 11 aromatic carbocycles. The van der Waals surface area contributed by atoms with Gasteiger partial charge in [0, 0.05) is 49.6 Å². The SMILES string of the molecule is c1ccc(-c2ccc(-c3cc4ccccc4c4ccccc34)cc2N(c2ccc(-n3c4ccccc4c4ccccc43)cc2)c2ccccc2-c2cccc3c2oc2ccccc23)cc1. The van der Waals surface area contributed by atoms with Crippen molar-refractivity contribution in [3.8, 4) is 39.1 Å². The van der Waals surface area contributed by atoms with Gasteiger partial charge in [0.25, 0.3) is 0 Å². The molecule has 0 aliphatic heterocycles. The zero-order valence-corrected chi connectivity index (χ0v) is 35.4. The average Bonchev–Trinajstić information content (AvgIpc) is 3.93. The molecule has 0 saturated heterocycles. The van der Waals surface area contributed by atoms with Crippen molar-refractivity contribution in [2.45, 2.75) is 0 Å². The van der Waals surface area contributed by atoms with E-state index in [1.54, 1.807) is 0 Å². The van der Waals surface area contributed by atoms with Crippen LogP contribution in [0.2, 0.25) is 0 Å². The third-order valence-electron chi connectivity index (χ3n) is 13.2. The van der Waals surface area contributed by atoms with E-state index < -0.39 is 0 Å². The zero-order valence-electron chi connectivity index (χ0n) is 35.4. The predicted octanol–water partition coefficient (Wildman–Crippen LogP) is 17.5. The first-order valence-electron chi connectivity index (χ1n) is 22.3. The molecule has 0 fully saturated rings. The Bertz CT molecular complexity index is 3900. The van der Waals surface area contributed by atoms with Gasteiger partial charge in [0.2, 0.25) is 0 Å². The summed E-state index contributed by atoms with van der Waals surface area (Å²) < 4.78 is 9.12. The van der Waals surface area contributed by atoms with Crippen LogP contribution in [-0.4, -0.2) is 4.57 Å². The van der Waals surface area contributed by atoms with Gasteiger partial charge < -0.3 is 13.9 Å². The van der Waals surface area contributed by atoms with Gasteiger partial charge in [0.15, 0.2) is 0 Å². The smallest absolute Gasteiger partial charge is 0.143 e. The molecule has 0 aliphatic carbocycles. The molecule has 3 heteroatoms. The van der Waals surface area contributed by atoms with Gasteiger partial charge in [-0.05, 0) is 98.9 Å². The number of nitrogens with zero attached hydrogens (tertiary/aromatic N) is 2. The summed E-state index contributed by atoms with van der Waals surface area (Å²) in [5.74, 6) is 0. The summed E-state index contributed by atoms with van der Waals surface area (Å²) >= 11 is 0. The number of aromatic nitrogens is 1. The van der Waals surface area contributed by atoms with Gasteiger partial charge in [-0.2, -0.15) is 0 Å². The van der Waals surface area contributed by atoms with E-state index in [1.807, 2.05) is 6.07 Å². The van der Waals surface area contributed by atoms with E-state index >= 15 is 0 Å². The summed E-state index contributed by atoms with van der Waals surface area (Å²) in [5, 5.41) is 9.65. The topological polar surface area (TPSA) is 21.3 Å². The van der Waals surface area contributed by atoms with Crippen LogP contribution in [0.3, 0.4) is 0 Å². The molecule has 65 heavy (non-hydrogen) atoms. The molecule has 0 unspecified atom stereocenters. The molecule has 0 atom stereocenters. The van der Waals surface area contributed by atoms with Crippen LogP contribution in [0.25, 0.3) is 104 Å². The first-order chi connectivity index (χ1) is 32.3. The van der Waals surface area contributed by atoms with Crippen LogP contribution in [0.1, 0.15) is 0 Å². The number of fused-ring (bicyclic) bond motifs is 9. The molecule has 0 spiro atoms.